The van der Waals surface area contributed by atoms with E-state index in [-0.39, 0.29) is 5.92 Å². The number of carboxylic acid groups (broad SMARTS) is 2. The third-order valence-electron chi connectivity index (χ3n) is 6.08. The highest BCUT2D eigenvalue weighted by molar-refractivity contribution is 6.27. The van der Waals surface area contributed by atoms with Crippen LogP contribution in [0.2, 0.25) is 0 Å². The van der Waals surface area contributed by atoms with Gasteiger partial charge in [0.1, 0.15) is 0 Å². The van der Waals surface area contributed by atoms with Crippen molar-refractivity contribution in [2.75, 3.05) is 44.2 Å². The predicted octanol–water partition coefficient (Wildman–Crippen LogP) is 2.40. The van der Waals surface area contributed by atoms with Gasteiger partial charge in [0.25, 0.3) is 0 Å². The number of carbonyl (C=O) groups is 3. The molecule has 2 heterocycles. The molecule has 0 aromatic heterocycles. The zero-order valence-electron chi connectivity index (χ0n) is 18.7. The average molecular weight is 454 g/mol. The van der Waals surface area contributed by atoms with E-state index in [1.54, 1.807) is 0 Å². The van der Waals surface area contributed by atoms with Crippen molar-refractivity contribution in [3.05, 3.63) is 66.2 Å². The summed E-state index contributed by atoms with van der Waals surface area (Å²) in [7, 11) is 0. The third kappa shape index (κ3) is 7.32. The van der Waals surface area contributed by atoms with Crippen LogP contribution in [0, 0.1) is 5.92 Å². The topological polar surface area (TPSA) is 101 Å². The Hall–Kier alpha value is -3.39. The molecule has 2 aliphatic heterocycles. The van der Waals surface area contributed by atoms with E-state index >= 15 is 0 Å². The molecule has 0 spiro atoms. The monoisotopic (exact) mass is 453 g/mol. The number of likely N-dealkylation sites (tertiary alicyclic amines) is 1. The Bertz CT molecular complexity index is 894. The Kier molecular flexibility index (Phi) is 8.83. The van der Waals surface area contributed by atoms with Crippen molar-refractivity contribution < 1.29 is 24.6 Å². The third-order valence-corrected chi connectivity index (χ3v) is 6.08. The first kappa shape index (κ1) is 24.3. The normalized spacial score (nSPS) is 17.1. The molecule has 2 aromatic rings. The molecule has 2 saturated heterocycles. The van der Waals surface area contributed by atoms with Gasteiger partial charge in [-0.3, -0.25) is 9.69 Å². The summed E-state index contributed by atoms with van der Waals surface area (Å²) >= 11 is 0. The van der Waals surface area contributed by atoms with Gasteiger partial charge in [0.05, 0.1) is 0 Å². The van der Waals surface area contributed by atoms with Crippen molar-refractivity contribution in [1.29, 1.82) is 0 Å². The number of nitrogens with zero attached hydrogens (tertiary/aromatic N) is 3. The fourth-order valence-electron chi connectivity index (χ4n) is 4.26. The Morgan fingerprint density at radius 3 is 1.76 bits per heavy atom. The molecule has 4 rings (SSSR count). The Morgan fingerprint density at radius 2 is 1.24 bits per heavy atom. The number of piperidine rings is 1. The lowest BCUT2D eigenvalue weighted by Crippen LogP contribution is -2.51. The van der Waals surface area contributed by atoms with Crippen molar-refractivity contribution >= 4 is 23.5 Å². The van der Waals surface area contributed by atoms with E-state index in [0.717, 1.165) is 58.7 Å². The number of anilines is 1. The maximum Gasteiger partial charge on any atom is 0.414 e. The molecule has 0 bridgehead atoms. The number of benzene rings is 2. The van der Waals surface area contributed by atoms with Crippen molar-refractivity contribution in [1.82, 2.24) is 9.80 Å². The van der Waals surface area contributed by atoms with Crippen LogP contribution in [0.5, 0.6) is 0 Å². The molecule has 176 valence electrons. The number of para-hydroxylation sites is 1. The summed E-state index contributed by atoms with van der Waals surface area (Å²) in [6, 6.07) is 21.1. The van der Waals surface area contributed by atoms with Crippen molar-refractivity contribution in [3.8, 4) is 0 Å². The van der Waals surface area contributed by atoms with Crippen LogP contribution in [0.15, 0.2) is 60.7 Å². The largest absolute Gasteiger partial charge is 0.473 e. The highest BCUT2D eigenvalue weighted by atomic mass is 16.4. The quantitative estimate of drug-likeness (QED) is 0.686. The van der Waals surface area contributed by atoms with Crippen LogP contribution in [-0.2, 0) is 20.9 Å². The van der Waals surface area contributed by atoms with Crippen LogP contribution < -0.4 is 4.90 Å². The number of hydrogen-bond acceptors (Lipinski definition) is 5. The van der Waals surface area contributed by atoms with Crippen LogP contribution in [0.3, 0.4) is 0 Å². The van der Waals surface area contributed by atoms with Crippen LogP contribution >= 0.6 is 0 Å². The molecule has 1 amide bonds. The SMILES string of the molecule is O=C(C1CCN(Cc2ccccc2)CC1)N1CCN(c2ccccc2)CC1.O=C(O)C(=O)O. The van der Waals surface area contributed by atoms with E-state index in [1.165, 1.54) is 11.3 Å². The molecule has 0 unspecified atom stereocenters. The highest BCUT2D eigenvalue weighted by Crippen LogP contribution is 2.23. The first-order chi connectivity index (χ1) is 15.9. The van der Waals surface area contributed by atoms with Gasteiger partial charge in [-0.2, -0.15) is 0 Å². The lowest BCUT2D eigenvalue weighted by molar-refractivity contribution is -0.159. The highest BCUT2D eigenvalue weighted by Gasteiger charge is 2.30. The van der Waals surface area contributed by atoms with Crippen LogP contribution in [0.1, 0.15) is 18.4 Å². The van der Waals surface area contributed by atoms with Gasteiger partial charge < -0.3 is 20.0 Å². The predicted molar refractivity (Wildman–Crippen MR) is 125 cm³/mol. The maximum absolute atomic E-state index is 13.0. The number of carboxylic acids is 2. The van der Waals surface area contributed by atoms with Gasteiger partial charge in [0, 0.05) is 44.3 Å². The summed E-state index contributed by atoms with van der Waals surface area (Å²) in [5.41, 5.74) is 2.62. The molecule has 8 heteroatoms. The van der Waals surface area contributed by atoms with Crippen LogP contribution in [0.4, 0.5) is 5.69 Å². The zero-order chi connectivity index (χ0) is 23.6. The van der Waals surface area contributed by atoms with Crippen LogP contribution in [-0.4, -0.2) is 77.1 Å². The number of piperazine rings is 1. The van der Waals surface area contributed by atoms with E-state index in [9.17, 15) is 4.79 Å². The van der Waals surface area contributed by atoms with Crippen molar-refractivity contribution in [2.24, 2.45) is 5.92 Å². The second-order valence-corrected chi connectivity index (χ2v) is 8.29. The summed E-state index contributed by atoms with van der Waals surface area (Å²) < 4.78 is 0. The van der Waals surface area contributed by atoms with E-state index in [2.05, 4.69) is 69.3 Å². The molecule has 2 N–H and O–H groups in total. The fraction of sp³-hybridized carbons (Fsp3) is 0.400. The van der Waals surface area contributed by atoms with Gasteiger partial charge in [-0.25, -0.2) is 9.59 Å². The summed E-state index contributed by atoms with van der Waals surface area (Å²) in [5.74, 6) is -3.06. The fourth-order valence-corrected chi connectivity index (χ4v) is 4.26. The number of aliphatic carboxylic acids is 2. The molecule has 8 nitrogen and oxygen atoms in total. The Balaban J connectivity index is 0.000000454. The van der Waals surface area contributed by atoms with Gasteiger partial charge in [-0.05, 0) is 43.6 Å². The molecule has 0 aliphatic carbocycles. The van der Waals surface area contributed by atoms with E-state index < -0.39 is 11.9 Å². The van der Waals surface area contributed by atoms with E-state index in [0.29, 0.717) is 5.91 Å². The summed E-state index contributed by atoms with van der Waals surface area (Å²) in [4.78, 5) is 38.1. The van der Waals surface area contributed by atoms with E-state index in [1.807, 2.05) is 6.07 Å². The molecule has 0 saturated carbocycles. The molecular formula is C25H31N3O5. The molecule has 33 heavy (non-hydrogen) atoms. The van der Waals surface area contributed by atoms with Gasteiger partial charge in [0.15, 0.2) is 0 Å². The number of hydrogen-bond donors (Lipinski definition) is 2. The van der Waals surface area contributed by atoms with Crippen molar-refractivity contribution in [2.45, 2.75) is 19.4 Å². The zero-order valence-corrected chi connectivity index (χ0v) is 18.7. The summed E-state index contributed by atoms with van der Waals surface area (Å²) in [6.45, 7) is 6.60. The summed E-state index contributed by atoms with van der Waals surface area (Å²) in [5, 5.41) is 14.8. The molecule has 0 radical (unpaired) electrons. The second-order valence-electron chi connectivity index (χ2n) is 8.29. The first-order valence-electron chi connectivity index (χ1n) is 11.3. The van der Waals surface area contributed by atoms with E-state index in [4.69, 9.17) is 19.8 Å². The van der Waals surface area contributed by atoms with Crippen LogP contribution in [0.25, 0.3) is 0 Å². The molecule has 2 aliphatic rings. The number of carbonyl (C=O) groups excluding carboxylic acids is 1. The van der Waals surface area contributed by atoms with Gasteiger partial charge in [-0.1, -0.05) is 48.5 Å². The number of amides is 1. The Labute approximate surface area is 194 Å². The molecule has 0 atom stereocenters. The molecule has 2 aromatic carbocycles. The lowest BCUT2D eigenvalue weighted by Gasteiger charge is -2.39. The first-order valence-corrected chi connectivity index (χ1v) is 11.3. The second kappa shape index (κ2) is 12.0. The average Bonchev–Trinajstić information content (AvgIpc) is 2.86. The van der Waals surface area contributed by atoms with Crippen molar-refractivity contribution in [3.63, 3.8) is 0 Å². The lowest BCUT2D eigenvalue weighted by atomic mass is 9.94. The molecular weight excluding hydrogens is 422 g/mol. The smallest absolute Gasteiger partial charge is 0.414 e. The van der Waals surface area contributed by atoms with Gasteiger partial charge in [0.2, 0.25) is 5.91 Å². The minimum Gasteiger partial charge on any atom is -0.473 e. The standard InChI is InChI=1S/C23H29N3O.C2H2O4/c27-23(26-17-15-25(16-18-26)22-9-5-2-6-10-22)21-11-13-24(14-12-21)19-20-7-3-1-4-8-20;3-1(4)2(5)6/h1-10,21H,11-19H2;(H,3,4)(H,5,6). The molecule has 2 fully saturated rings. The minimum absolute atomic E-state index is 0.209. The number of rotatable bonds is 4. The Morgan fingerprint density at radius 1 is 0.727 bits per heavy atom. The van der Waals surface area contributed by atoms with Gasteiger partial charge in [-0.15, -0.1) is 0 Å². The maximum atomic E-state index is 13.0. The minimum atomic E-state index is -1.82. The summed E-state index contributed by atoms with van der Waals surface area (Å²) in [6.07, 6.45) is 1.98. The van der Waals surface area contributed by atoms with Gasteiger partial charge >= 0.3 is 11.9 Å².